The van der Waals surface area contributed by atoms with Crippen molar-refractivity contribution >= 4 is 5.97 Å². The number of hydrogen-bond acceptors (Lipinski definition) is 2. The van der Waals surface area contributed by atoms with Gasteiger partial charge in [0.2, 0.25) is 0 Å². The Bertz CT molecular complexity index is 459. The molecule has 2 heteroatoms. The maximum absolute atomic E-state index is 11.6. The molecule has 3 rings (SSSR count). The molecule has 17 heavy (non-hydrogen) atoms. The van der Waals surface area contributed by atoms with Crippen LogP contribution in [0.3, 0.4) is 0 Å². The molecule has 0 saturated heterocycles. The summed E-state index contributed by atoms with van der Waals surface area (Å²) in [5.74, 6) is 1.15. The molecule has 1 atom stereocenters. The second-order valence-electron chi connectivity index (χ2n) is 4.80. The summed E-state index contributed by atoms with van der Waals surface area (Å²) in [7, 11) is 0. The molecule has 0 spiro atoms. The van der Waals surface area contributed by atoms with Gasteiger partial charge in [0.05, 0.1) is 6.42 Å². The number of carbonyl (C=O) groups excluding carboxylic acids is 1. The normalized spacial score (nSPS) is 24.2. The fourth-order valence-electron chi connectivity index (χ4n) is 2.86. The van der Waals surface area contributed by atoms with Crippen molar-refractivity contribution in [2.45, 2.75) is 38.0 Å². The first-order valence-electron chi connectivity index (χ1n) is 6.32. The van der Waals surface area contributed by atoms with Crippen molar-refractivity contribution in [3.63, 3.8) is 0 Å². The van der Waals surface area contributed by atoms with E-state index in [1.54, 1.807) is 0 Å². The average Bonchev–Trinajstić information content (AvgIpc) is 2.39. The standard InChI is InChI=1S/C15H16O2/c16-15-10-13(11-6-2-1-3-7-11)12-8-4-5-9-14(12)17-15/h1-3,6-7,13H,4-5,8-10H2. The number of esters is 1. The minimum absolute atomic E-state index is 0.0699. The average molecular weight is 228 g/mol. The first kappa shape index (κ1) is 10.6. The lowest BCUT2D eigenvalue weighted by molar-refractivity contribution is -0.141. The highest BCUT2D eigenvalue weighted by molar-refractivity contribution is 5.74. The van der Waals surface area contributed by atoms with Gasteiger partial charge in [0.15, 0.2) is 0 Å². The quantitative estimate of drug-likeness (QED) is 0.687. The summed E-state index contributed by atoms with van der Waals surface area (Å²) in [6.07, 6.45) is 4.89. The van der Waals surface area contributed by atoms with Crippen LogP contribution < -0.4 is 0 Å². The van der Waals surface area contributed by atoms with Gasteiger partial charge >= 0.3 is 5.97 Å². The van der Waals surface area contributed by atoms with E-state index in [0.29, 0.717) is 6.42 Å². The van der Waals surface area contributed by atoms with Gasteiger partial charge in [0, 0.05) is 12.3 Å². The van der Waals surface area contributed by atoms with E-state index in [0.717, 1.165) is 25.0 Å². The Morgan fingerprint density at radius 3 is 2.65 bits per heavy atom. The number of hydrogen-bond donors (Lipinski definition) is 0. The smallest absolute Gasteiger partial charge is 0.311 e. The van der Waals surface area contributed by atoms with E-state index < -0.39 is 0 Å². The minimum atomic E-state index is -0.0699. The fraction of sp³-hybridized carbons (Fsp3) is 0.400. The van der Waals surface area contributed by atoms with Gasteiger partial charge in [-0.25, -0.2) is 0 Å². The van der Waals surface area contributed by atoms with E-state index in [2.05, 4.69) is 12.1 Å². The van der Waals surface area contributed by atoms with Gasteiger partial charge in [-0.3, -0.25) is 4.79 Å². The van der Waals surface area contributed by atoms with Crippen molar-refractivity contribution in [3.05, 3.63) is 47.2 Å². The molecular weight excluding hydrogens is 212 g/mol. The highest BCUT2D eigenvalue weighted by Crippen LogP contribution is 2.41. The van der Waals surface area contributed by atoms with E-state index in [9.17, 15) is 4.79 Å². The van der Waals surface area contributed by atoms with E-state index in [1.165, 1.54) is 17.6 Å². The van der Waals surface area contributed by atoms with Crippen LogP contribution in [0.4, 0.5) is 0 Å². The monoisotopic (exact) mass is 228 g/mol. The van der Waals surface area contributed by atoms with Crippen molar-refractivity contribution in [1.29, 1.82) is 0 Å². The molecule has 1 unspecified atom stereocenters. The number of allylic oxidation sites excluding steroid dienone is 2. The van der Waals surface area contributed by atoms with Crippen LogP contribution in [0.2, 0.25) is 0 Å². The van der Waals surface area contributed by atoms with Crippen LogP contribution in [0.5, 0.6) is 0 Å². The molecule has 0 N–H and O–H groups in total. The Hall–Kier alpha value is -1.57. The third kappa shape index (κ3) is 1.99. The van der Waals surface area contributed by atoms with Gasteiger partial charge in [-0.15, -0.1) is 0 Å². The molecule has 2 aliphatic rings. The highest BCUT2D eigenvalue weighted by atomic mass is 16.5. The van der Waals surface area contributed by atoms with E-state index >= 15 is 0 Å². The summed E-state index contributed by atoms with van der Waals surface area (Å²) >= 11 is 0. The van der Waals surface area contributed by atoms with Gasteiger partial charge in [0.1, 0.15) is 5.76 Å². The fourth-order valence-corrected chi connectivity index (χ4v) is 2.86. The Morgan fingerprint density at radius 1 is 1.06 bits per heavy atom. The molecule has 0 bridgehead atoms. The van der Waals surface area contributed by atoms with Gasteiger partial charge in [-0.2, -0.15) is 0 Å². The second kappa shape index (κ2) is 4.36. The van der Waals surface area contributed by atoms with E-state index in [4.69, 9.17) is 4.74 Å². The zero-order chi connectivity index (χ0) is 11.7. The van der Waals surface area contributed by atoms with E-state index in [1.807, 2.05) is 18.2 Å². The maximum Gasteiger partial charge on any atom is 0.311 e. The Labute approximate surface area is 101 Å². The molecule has 1 aliphatic carbocycles. The molecule has 1 aliphatic heterocycles. The lowest BCUT2D eigenvalue weighted by atomic mass is 9.80. The third-order valence-corrected chi connectivity index (χ3v) is 3.69. The van der Waals surface area contributed by atoms with Crippen LogP contribution >= 0.6 is 0 Å². The molecule has 0 aromatic heterocycles. The van der Waals surface area contributed by atoms with Gasteiger partial charge in [-0.1, -0.05) is 30.3 Å². The SMILES string of the molecule is O=C1CC(c2ccccc2)C2=C(CCCC2)O1. The second-order valence-corrected chi connectivity index (χ2v) is 4.80. The lowest BCUT2D eigenvalue weighted by Gasteiger charge is -2.30. The highest BCUT2D eigenvalue weighted by Gasteiger charge is 2.31. The first-order valence-corrected chi connectivity index (χ1v) is 6.32. The molecule has 1 aromatic carbocycles. The summed E-state index contributed by atoms with van der Waals surface area (Å²) in [5, 5.41) is 0. The Morgan fingerprint density at radius 2 is 1.82 bits per heavy atom. The summed E-state index contributed by atoms with van der Waals surface area (Å²) in [6.45, 7) is 0. The molecule has 1 aromatic rings. The number of benzene rings is 1. The molecule has 0 amide bonds. The van der Waals surface area contributed by atoms with Crippen molar-refractivity contribution in [2.75, 3.05) is 0 Å². The lowest BCUT2D eigenvalue weighted by Crippen LogP contribution is -2.22. The zero-order valence-corrected chi connectivity index (χ0v) is 9.82. The summed E-state index contributed by atoms with van der Waals surface area (Å²) in [5.41, 5.74) is 2.61. The van der Waals surface area contributed by atoms with E-state index in [-0.39, 0.29) is 11.9 Å². The summed E-state index contributed by atoms with van der Waals surface area (Å²) in [6, 6.07) is 10.3. The van der Waals surface area contributed by atoms with Crippen LogP contribution in [0.15, 0.2) is 41.7 Å². The van der Waals surface area contributed by atoms with Crippen molar-refractivity contribution in [3.8, 4) is 0 Å². The largest absolute Gasteiger partial charge is 0.431 e. The van der Waals surface area contributed by atoms with Crippen molar-refractivity contribution < 1.29 is 9.53 Å². The summed E-state index contributed by atoms with van der Waals surface area (Å²) < 4.78 is 5.38. The zero-order valence-electron chi connectivity index (χ0n) is 9.82. The molecule has 1 heterocycles. The first-order chi connectivity index (χ1) is 8.34. The third-order valence-electron chi connectivity index (χ3n) is 3.69. The topological polar surface area (TPSA) is 26.3 Å². The van der Waals surface area contributed by atoms with Crippen molar-refractivity contribution in [2.24, 2.45) is 0 Å². The van der Waals surface area contributed by atoms with Gasteiger partial charge < -0.3 is 4.74 Å². The number of rotatable bonds is 1. The van der Waals surface area contributed by atoms with Crippen LogP contribution in [0.25, 0.3) is 0 Å². The molecule has 88 valence electrons. The molecule has 0 radical (unpaired) electrons. The van der Waals surface area contributed by atoms with Crippen LogP contribution in [-0.2, 0) is 9.53 Å². The number of ether oxygens (including phenoxy) is 1. The molecular formula is C15H16O2. The maximum atomic E-state index is 11.6. The predicted molar refractivity (Wildman–Crippen MR) is 65.4 cm³/mol. The minimum Gasteiger partial charge on any atom is -0.431 e. The molecule has 0 fully saturated rings. The molecule has 2 nitrogen and oxygen atoms in total. The predicted octanol–water partition coefficient (Wildman–Crippen LogP) is 3.55. The Balaban J connectivity index is 2.00. The number of carbonyl (C=O) groups is 1. The van der Waals surface area contributed by atoms with Crippen LogP contribution in [0.1, 0.15) is 43.6 Å². The van der Waals surface area contributed by atoms with Crippen LogP contribution in [-0.4, -0.2) is 5.97 Å². The van der Waals surface area contributed by atoms with Crippen LogP contribution in [0, 0.1) is 0 Å². The molecule has 0 saturated carbocycles. The van der Waals surface area contributed by atoms with Gasteiger partial charge in [0.25, 0.3) is 0 Å². The Kier molecular flexibility index (Phi) is 2.71. The summed E-state index contributed by atoms with van der Waals surface area (Å²) in [4.78, 5) is 11.6. The van der Waals surface area contributed by atoms with Gasteiger partial charge in [-0.05, 0) is 30.4 Å². The van der Waals surface area contributed by atoms with Crippen molar-refractivity contribution in [1.82, 2.24) is 0 Å².